The summed E-state index contributed by atoms with van der Waals surface area (Å²) in [5.41, 5.74) is 3.04. The molecule has 1 aromatic carbocycles. The molecule has 4 amide bonds. The molecule has 6 heterocycles. The average Bonchev–Trinajstić information content (AvgIpc) is 3.45. The summed E-state index contributed by atoms with van der Waals surface area (Å²) in [7, 11) is 0. The zero-order chi connectivity index (χ0) is 33.0. The van der Waals surface area contributed by atoms with E-state index in [0.717, 1.165) is 46.3 Å². The molecule has 3 aromatic heterocycles. The van der Waals surface area contributed by atoms with E-state index in [9.17, 15) is 19.2 Å². The van der Waals surface area contributed by atoms with Crippen LogP contribution in [-0.4, -0.2) is 76.0 Å². The van der Waals surface area contributed by atoms with E-state index in [1.165, 1.54) is 0 Å². The normalized spacial score (nSPS) is 24.0. The molecule has 0 radical (unpaired) electrons. The van der Waals surface area contributed by atoms with Crippen LogP contribution < -0.4 is 5.32 Å². The van der Waals surface area contributed by atoms with Gasteiger partial charge in [0.2, 0.25) is 23.6 Å². The van der Waals surface area contributed by atoms with Gasteiger partial charge in [0.05, 0.1) is 30.5 Å². The van der Waals surface area contributed by atoms with Crippen LogP contribution >= 0.6 is 0 Å². The summed E-state index contributed by atoms with van der Waals surface area (Å²) >= 11 is 0. The van der Waals surface area contributed by atoms with Crippen LogP contribution in [0.3, 0.4) is 0 Å². The van der Waals surface area contributed by atoms with Crippen LogP contribution in [0.1, 0.15) is 56.0 Å². The lowest BCUT2D eigenvalue weighted by Gasteiger charge is -2.56. The van der Waals surface area contributed by atoms with Gasteiger partial charge in [0.15, 0.2) is 0 Å². The maximum Gasteiger partial charge on any atom is 0.228 e. The van der Waals surface area contributed by atoms with Gasteiger partial charge in [-0.25, -0.2) is 0 Å². The average molecular weight is 652 g/mol. The molecule has 11 heteroatoms. The van der Waals surface area contributed by atoms with Crippen LogP contribution in [0, 0.1) is 17.8 Å². The van der Waals surface area contributed by atoms with E-state index in [1.807, 2.05) is 26.8 Å². The zero-order valence-corrected chi connectivity index (χ0v) is 27.2. The molecule has 3 atom stereocenters. The number of aromatic nitrogens is 1. The SMILES string of the molecule is CC[C@]12c3[nH]c4cc(-c5ccco5)ccc4c3CCN1C(=O)[C@@H](CC(=O)NCc1ccco1)C[C@@H]2C(=O)N1CCN(C(=O)C2CC2)CC1. The largest absolute Gasteiger partial charge is 0.467 e. The van der Waals surface area contributed by atoms with Gasteiger partial charge in [0, 0.05) is 73.1 Å². The molecule has 250 valence electrons. The molecule has 1 saturated carbocycles. The fourth-order valence-electron chi connectivity index (χ4n) is 8.45. The number of H-pyrrole nitrogens is 1. The van der Waals surface area contributed by atoms with E-state index in [-0.39, 0.29) is 48.9 Å². The summed E-state index contributed by atoms with van der Waals surface area (Å²) in [5, 5.41) is 3.97. The molecule has 48 heavy (non-hydrogen) atoms. The molecule has 3 aliphatic heterocycles. The second kappa shape index (κ2) is 12.0. The third kappa shape index (κ3) is 5.11. The number of hydrogen-bond donors (Lipinski definition) is 2. The van der Waals surface area contributed by atoms with E-state index in [2.05, 4.69) is 35.4 Å². The number of benzene rings is 1. The van der Waals surface area contributed by atoms with Crippen LogP contribution in [0.25, 0.3) is 22.2 Å². The number of nitrogens with one attached hydrogen (secondary N) is 2. The van der Waals surface area contributed by atoms with Crippen molar-refractivity contribution in [3.05, 3.63) is 72.0 Å². The monoisotopic (exact) mass is 651 g/mol. The molecule has 1 aliphatic carbocycles. The van der Waals surface area contributed by atoms with E-state index in [4.69, 9.17) is 8.83 Å². The molecule has 11 nitrogen and oxygen atoms in total. The van der Waals surface area contributed by atoms with Crippen molar-refractivity contribution in [1.29, 1.82) is 0 Å². The van der Waals surface area contributed by atoms with Gasteiger partial charge in [0.25, 0.3) is 0 Å². The first-order valence-corrected chi connectivity index (χ1v) is 17.2. The van der Waals surface area contributed by atoms with Crippen LogP contribution in [0.5, 0.6) is 0 Å². The molecule has 0 unspecified atom stereocenters. The molecule has 3 fully saturated rings. The Hall–Kier alpha value is -4.80. The second-order valence-electron chi connectivity index (χ2n) is 13.7. The number of piperidine rings is 1. The molecule has 0 bridgehead atoms. The highest BCUT2D eigenvalue weighted by molar-refractivity contribution is 5.94. The van der Waals surface area contributed by atoms with Crippen molar-refractivity contribution in [2.75, 3.05) is 32.7 Å². The topological polar surface area (TPSA) is 132 Å². The van der Waals surface area contributed by atoms with Crippen LogP contribution in [0.4, 0.5) is 0 Å². The fourth-order valence-corrected chi connectivity index (χ4v) is 8.45. The summed E-state index contributed by atoms with van der Waals surface area (Å²) in [6.07, 6.45) is 6.56. The number of hydrogen-bond acceptors (Lipinski definition) is 6. The van der Waals surface area contributed by atoms with Crippen LogP contribution in [0.15, 0.2) is 63.8 Å². The Morgan fingerprint density at radius 3 is 2.40 bits per heavy atom. The molecular formula is C37H41N5O6. The zero-order valence-electron chi connectivity index (χ0n) is 27.2. The minimum atomic E-state index is -0.895. The number of carbonyl (C=O) groups is 4. The van der Waals surface area contributed by atoms with E-state index < -0.39 is 17.4 Å². The highest BCUT2D eigenvalue weighted by atomic mass is 16.3. The Labute approximate surface area is 278 Å². The van der Waals surface area contributed by atoms with Crippen molar-refractivity contribution < 1.29 is 28.0 Å². The van der Waals surface area contributed by atoms with Gasteiger partial charge in [-0.15, -0.1) is 0 Å². The first-order valence-electron chi connectivity index (χ1n) is 17.2. The highest BCUT2D eigenvalue weighted by Crippen LogP contribution is 2.52. The van der Waals surface area contributed by atoms with Gasteiger partial charge in [-0.1, -0.05) is 19.1 Å². The van der Waals surface area contributed by atoms with Crippen molar-refractivity contribution in [2.24, 2.45) is 17.8 Å². The van der Waals surface area contributed by atoms with Gasteiger partial charge in [0.1, 0.15) is 11.5 Å². The predicted molar refractivity (Wildman–Crippen MR) is 176 cm³/mol. The molecular weight excluding hydrogens is 610 g/mol. The number of carbonyl (C=O) groups excluding carboxylic acids is 4. The number of piperazine rings is 1. The number of amides is 4. The van der Waals surface area contributed by atoms with Gasteiger partial charge in [-0.3, -0.25) is 19.2 Å². The standard InChI is InChI=1S/C37H41N5O6/c1-2-37-29(36(46)41-15-13-40(14-16-41)34(44)23-7-8-23)19-25(21-32(43)38-22-26-5-3-17-47-26)35(45)42(37)12-11-28-27-10-9-24(31-6-4-18-48-31)20-30(27)39-33(28)37/h3-6,9-10,17-18,20,23,25,29,39H,2,7-8,11-16,19,21-22H2,1H3,(H,38,43)/t25-,29-,37+/m1/s1. The van der Waals surface area contributed by atoms with Gasteiger partial charge >= 0.3 is 0 Å². The minimum Gasteiger partial charge on any atom is -0.467 e. The Morgan fingerprint density at radius 1 is 0.958 bits per heavy atom. The summed E-state index contributed by atoms with van der Waals surface area (Å²) in [6, 6.07) is 13.6. The smallest absolute Gasteiger partial charge is 0.228 e. The fraction of sp³-hybridized carbons (Fsp3) is 0.459. The quantitative estimate of drug-likeness (QED) is 0.290. The van der Waals surface area contributed by atoms with Crippen molar-refractivity contribution in [3.63, 3.8) is 0 Å². The van der Waals surface area contributed by atoms with Gasteiger partial charge in [-0.05, 0) is 68.0 Å². The molecule has 2 N–H and O–H groups in total. The number of aromatic amines is 1. The Balaban J connectivity index is 1.13. The summed E-state index contributed by atoms with van der Waals surface area (Å²) in [4.78, 5) is 64.5. The summed E-state index contributed by atoms with van der Waals surface area (Å²) < 4.78 is 11.0. The minimum absolute atomic E-state index is 0.00461. The molecule has 0 spiro atoms. The van der Waals surface area contributed by atoms with E-state index in [1.54, 1.807) is 24.7 Å². The summed E-state index contributed by atoms with van der Waals surface area (Å²) in [6.45, 7) is 4.70. The van der Waals surface area contributed by atoms with Crippen LogP contribution in [-0.2, 0) is 37.7 Å². The Kier molecular flexibility index (Phi) is 7.64. The first-order chi connectivity index (χ1) is 23.4. The molecule has 4 aromatic rings. The maximum atomic E-state index is 14.8. The van der Waals surface area contributed by atoms with Crippen molar-refractivity contribution in [2.45, 2.75) is 57.5 Å². The second-order valence-corrected chi connectivity index (χ2v) is 13.7. The number of rotatable bonds is 8. The number of fused-ring (bicyclic) bond motifs is 5. The van der Waals surface area contributed by atoms with E-state index >= 15 is 0 Å². The molecule has 8 rings (SSSR count). The lowest BCUT2D eigenvalue weighted by molar-refractivity contribution is -0.167. The molecule has 4 aliphatic rings. The first kappa shape index (κ1) is 30.5. The lowest BCUT2D eigenvalue weighted by Crippen LogP contribution is -2.66. The number of nitrogens with zero attached hydrogens (tertiary/aromatic N) is 3. The van der Waals surface area contributed by atoms with Crippen molar-refractivity contribution in [3.8, 4) is 11.3 Å². The third-order valence-corrected chi connectivity index (χ3v) is 11.1. The van der Waals surface area contributed by atoms with Crippen LogP contribution in [0.2, 0.25) is 0 Å². The molecule has 2 saturated heterocycles. The lowest BCUT2D eigenvalue weighted by atomic mass is 9.65. The van der Waals surface area contributed by atoms with Crippen molar-refractivity contribution >= 4 is 34.5 Å². The van der Waals surface area contributed by atoms with Crippen molar-refractivity contribution in [1.82, 2.24) is 25.0 Å². The van der Waals surface area contributed by atoms with Gasteiger partial charge in [-0.2, -0.15) is 0 Å². The Morgan fingerprint density at radius 2 is 1.71 bits per heavy atom. The predicted octanol–water partition coefficient (Wildman–Crippen LogP) is 4.43. The Bertz CT molecular complexity index is 1850. The third-order valence-electron chi connectivity index (χ3n) is 11.1. The highest BCUT2D eigenvalue weighted by Gasteiger charge is 2.59. The number of furan rings is 2. The van der Waals surface area contributed by atoms with Gasteiger partial charge < -0.3 is 33.8 Å². The summed E-state index contributed by atoms with van der Waals surface area (Å²) in [5.74, 6) is 0.190. The maximum absolute atomic E-state index is 14.8. The van der Waals surface area contributed by atoms with E-state index in [0.29, 0.717) is 51.3 Å².